The van der Waals surface area contributed by atoms with Gasteiger partial charge in [-0.25, -0.2) is 0 Å². The van der Waals surface area contributed by atoms with Crippen LogP contribution in [0.15, 0.2) is 18.2 Å². The number of benzene rings is 1. The highest BCUT2D eigenvalue weighted by molar-refractivity contribution is 6.37. The zero-order valence-corrected chi connectivity index (χ0v) is 13.4. The second-order valence-corrected chi connectivity index (χ2v) is 6.34. The van der Waals surface area contributed by atoms with Gasteiger partial charge in [-0.3, -0.25) is 0 Å². The Bertz CT molecular complexity index is 415. The molecule has 0 aliphatic heterocycles. The fourth-order valence-electron chi connectivity index (χ4n) is 1.94. The lowest BCUT2D eigenvalue weighted by Crippen LogP contribution is -2.41. The van der Waals surface area contributed by atoms with E-state index in [-0.39, 0.29) is 6.61 Å². The first-order valence-electron chi connectivity index (χ1n) is 6.35. The van der Waals surface area contributed by atoms with Gasteiger partial charge in [-0.15, -0.1) is 0 Å². The Kier molecular flexibility index (Phi) is 6.55. The largest absolute Gasteiger partial charge is 0.488 e. The lowest BCUT2D eigenvalue weighted by Gasteiger charge is -2.27. The van der Waals surface area contributed by atoms with E-state index in [4.69, 9.17) is 27.9 Å². The molecule has 1 rings (SSSR count). The van der Waals surface area contributed by atoms with Crippen LogP contribution in [0.1, 0.15) is 13.8 Å². The zero-order valence-electron chi connectivity index (χ0n) is 11.9. The smallest absolute Gasteiger partial charge is 0.156 e. The van der Waals surface area contributed by atoms with Gasteiger partial charge in [0.1, 0.15) is 12.7 Å². The van der Waals surface area contributed by atoms with Crippen LogP contribution in [0, 0.1) is 0 Å². The van der Waals surface area contributed by atoms with Crippen molar-refractivity contribution in [3.8, 4) is 5.75 Å². The number of aliphatic hydroxyl groups excluding tert-OH is 1. The minimum atomic E-state index is -0.804. The molecule has 0 bridgehead atoms. The van der Waals surface area contributed by atoms with Gasteiger partial charge >= 0.3 is 0 Å². The molecule has 0 aromatic heterocycles. The molecule has 1 atom stereocenters. The number of nitrogens with zero attached hydrogens (tertiary/aromatic N) is 1. The third-order valence-corrected chi connectivity index (χ3v) is 3.11. The van der Waals surface area contributed by atoms with E-state index in [1.165, 1.54) is 0 Å². The van der Waals surface area contributed by atoms with Crippen molar-refractivity contribution in [3.63, 3.8) is 0 Å². The minimum absolute atomic E-state index is 0.0830. The molecular weight excluding hydrogens is 301 g/mol. The van der Waals surface area contributed by atoms with Gasteiger partial charge in [-0.1, -0.05) is 29.3 Å². The third-order valence-electron chi connectivity index (χ3n) is 2.52. The SMILES string of the molecule is CN(CC(O)COc1c(Cl)cccc1Cl)CC(C)(C)O. The fraction of sp³-hybridized carbons (Fsp3) is 0.571. The van der Waals surface area contributed by atoms with Crippen molar-refractivity contribution in [3.05, 3.63) is 28.2 Å². The second kappa shape index (κ2) is 7.48. The summed E-state index contributed by atoms with van der Waals surface area (Å²) in [5.74, 6) is 0.375. The summed E-state index contributed by atoms with van der Waals surface area (Å²) >= 11 is 11.9. The number of aliphatic hydroxyl groups is 2. The fourth-order valence-corrected chi connectivity index (χ4v) is 2.44. The molecule has 6 heteroatoms. The van der Waals surface area contributed by atoms with Crippen molar-refractivity contribution in [2.24, 2.45) is 0 Å². The van der Waals surface area contributed by atoms with Gasteiger partial charge in [0.25, 0.3) is 0 Å². The highest BCUT2D eigenvalue weighted by Crippen LogP contribution is 2.32. The van der Waals surface area contributed by atoms with E-state index in [1.807, 2.05) is 11.9 Å². The lowest BCUT2D eigenvalue weighted by atomic mass is 10.1. The van der Waals surface area contributed by atoms with E-state index in [0.717, 1.165) is 0 Å². The van der Waals surface area contributed by atoms with E-state index in [0.29, 0.717) is 28.9 Å². The second-order valence-electron chi connectivity index (χ2n) is 5.52. The van der Waals surface area contributed by atoms with Crippen LogP contribution in [0.2, 0.25) is 10.0 Å². The van der Waals surface area contributed by atoms with Crippen LogP contribution >= 0.6 is 23.2 Å². The molecule has 0 saturated heterocycles. The summed E-state index contributed by atoms with van der Waals surface area (Å²) < 4.78 is 5.46. The van der Waals surface area contributed by atoms with E-state index < -0.39 is 11.7 Å². The Morgan fingerprint density at radius 3 is 2.35 bits per heavy atom. The summed E-state index contributed by atoms with van der Waals surface area (Å²) in [6.07, 6.45) is -0.699. The first-order chi connectivity index (χ1) is 9.19. The van der Waals surface area contributed by atoms with Crippen molar-refractivity contribution < 1.29 is 14.9 Å². The van der Waals surface area contributed by atoms with Gasteiger partial charge in [0.05, 0.1) is 15.6 Å². The highest BCUT2D eigenvalue weighted by atomic mass is 35.5. The summed E-state index contributed by atoms with van der Waals surface area (Å²) in [7, 11) is 1.82. The predicted octanol–water partition coefficient (Wildman–Crippen LogP) is 2.44. The van der Waals surface area contributed by atoms with E-state index in [1.54, 1.807) is 32.0 Å². The lowest BCUT2D eigenvalue weighted by molar-refractivity contribution is 0.0195. The molecule has 0 saturated carbocycles. The summed E-state index contributed by atoms with van der Waals surface area (Å²) in [6.45, 7) is 4.36. The molecule has 0 fully saturated rings. The van der Waals surface area contributed by atoms with Crippen LogP contribution in [-0.2, 0) is 0 Å². The Hall–Kier alpha value is -0.520. The number of hydrogen-bond donors (Lipinski definition) is 2. The van der Waals surface area contributed by atoms with Crippen molar-refractivity contribution in [2.45, 2.75) is 25.6 Å². The molecule has 1 aromatic rings. The van der Waals surface area contributed by atoms with Gasteiger partial charge in [0.2, 0.25) is 0 Å². The van der Waals surface area contributed by atoms with E-state index in [2.05, 4.69) is 0 Å². The number of hydrogen-bond acceptors (Lipinski definition) is 4. The van der Waals surface area contributed by atoms with Gasteiger partial charge in [-0.05, 0) is 33.0 Å². The standard InChI is InChI=1S/C14H21Cl2NO3/c1-14(2,19)9-17(3)7-10(18)8-20-13-11(15)5-4-6-12(13)16/h4-6,10,18-19H,7-9H2,1-3H3. The van der Waals surface area contributed by atoms with Crippen molar-refractivity contribution in [1.82, 2.24) is 4.90 Å². The van der Waals surface area contributed by atoms with E-state index in [9.17, 15) is 10.2 Å². The Morgan fingerprint density at radius 1 is 1.30 bits per heavy atom. The van der Waals surface area contributed by atoms with Crippen LogP contribution in [0.4, 0.5) is 0 Å². The van der Waals surface area contributed by atoms with Crippen LogP contribution in [0.3, 0.4) is 0 Å². The number of para-hydroxylation sites is 1. The third kappa shape index (κ3) is 6.29. The van der Waals surface area contributed by atoms with Crippen LogP contribution < -0.4 is 4.74 Å². The monoisotopic (exact) mass is 321 g/mol. The summed E-state index contributed by atoms with van der Waals surface area (Å²) in [6, 6.07) is 5.08. The first kappa shape index (κ1) is 17.5. The molecule has 0 aliphatic carbocycles. The van der Waals surface area contributed by atoms with Crippen molar-refractivity contribution >= 4 is 23.2 Å². The molecule has 0 aliphatic rings. The molecule has 0 spiro atoms. The molecule has 0 heterocycles. The molecular formula is C14H21Cl2NO3. The van der Waals surface area contributed by atoms with Gasteiger partial charge in [0, 0.05) is 13.1 Å². The van der Waals surface area contributed by atoms with Crippen LogP contribution in [0.5, 0.6) is 5.75 Å². The summed E-state index contributed by atoms with van der Waals surface area (Å²) in [4.78, 5) is 1.84. The first-order valence-corrected chi connectivity index (χ1v) is 7.10. The molecule has 2 N–H and O–H groups in total. The summed E-state index contributed by atoms with van der Waals surface area (Å²) in [5, 5.41) is 20.4. The number of ether oxygens (including phenoxy) is 1. The topological polar surface area (TPSA) is 52.9 Å². The molecule has 20 heavy (non-hydrogen) atoms. The number of halogens is 2. The highest BCUT2D eigenvalue weighted by Gasteiger charge is 2.18. The maximum atomic E-state index is 9.93. The van der Waals surface area contributed by atoms with Crippen LogP contribution in [-0.4, -0.2) is 53.6 Å². The van der Waals surface area contributed by atoms with Gasteiger partial charge in [-0.2, -0.15) is 0 Å². The average molecular weight is 322 g/mol. The molecule has 0 radical (unpaired) electrons. The number of likely N-dealkylation sites (N-methyl/N-ethyl adjacent to an activating group) is 1. The molecule has 114 valence electrons. The van der Waals surface area contributed by atoms with Gasteiger partial charge in [0.15, 0.2) is 5.75 Å². The minimum Gasteiger partial charge on any atom is -0.488 e. The van der Waals surface area contributed by atoms with E-state index >= 15 is 0 Å². The number of rotatable bonds is 7. The molecule has 4 nitrogen and oxygen atoms in total. The van der Waals surface area contributed by atoms with Gasteiger partial charge < -0.3 is 19.8 Å². The Labute approximate surface area is 129 Å². The zero-order chi connectivity index (χ0) is 15.3. The van der Waals surface area contributed by atoms with Crippen molar-refractivity contribution in [1.29, 1.82) is 0 Å². The van der Waals surface area contributed by atoms with Crippen molar-refractivity contribution in [2.75, 3.05) is 26.7 Å². The predicted molar refractivity (Wildman–Crippen MR) is 81.8 cm³/mol. The quantitative estimate of drug-likeness (QED) is 0.810. The normalized spacial score (nSPS) is 13.6. The summed E-state index contributed by atoms with van der Waals surface area (Å²) in [5.41, 5.74) is -0.804. The molecule has 0 amide bonds. The van der Waals surface area contributed by atoms with Crippen LogP contribution in [0.25, 0.3) is 0 Å². The molecule has 1 unspecified atom stereocenters. The molecule has 1 aromatic carbocycles. The maximum absolute atomic E-state index is 9.93. The average Bonchev–Trinajstić information content (AvgIpc) is 2.25. The maximum Gasteiger partial charge on any atom is 0.156 e. The Balaban J connectivity index is 2.46. The Morgan fingerprint density at radius 2 is 1.85 bits per heavy atom.